The summed E-state index contributed by atoms with van der Waals surface area (Å²) >= 11 is 0. The van der Waals surface area contributed by atoms with E-state index in [9.17, 15) is 14.4 Å². The molecule has 1 unspecified atom stereocenters. The normalized spacial score (nSPS) is 20.2. The van der Waals surface area contributed by atoms with Gasteiger partial charge in [0.25, 0.3) is 0 Å². The number of amides is 4. The summed E-state index contributed by atoms with van der Waals surface area (Å²) < 4.78 is 0. The van der Waals surface area contributed by atoms with Crippen LogP contribution in [0.4, 0.5) is 4.79 Å². The third kappa shape index (κ3) is 3.97. The standard InChI is InChI=1S/C10H19N5O3/c1-14(2)9(17)7-5-12-3-4-15(7)6-8(16)13-10(11)18/h7,12H,3-6H2,1-2H3,(H3,11,13,16,18). The van der Waals surface area contributed by atoms with E-state index in [2.05, 4.69) is 5.32 Å². The van der Waals surface area contributed by atoms with E-state index in [-0.39, 0.29) is 12.5 Å². The van der Waals surface area contributed by atoms with Crippen LogP contribution in [0.3, 0.4) is 0 Å². The molecule has 1 aliphatic rings. The van der Waals surface area contributed by atoms with Gasteiger partial charge in [0.15, 0.2) is 0 Å². The van der Waals surface area contributed by atoms with Gasteiger partial charge in [0.05, 0.1) is 6.54 Å². The molecule has 0 aromatic carbocycles. The lowest BCUT2D eigenvalue weighted by Gasteiger charge is -2.35. The van der Waals surface area contributed by atoms with Crippen molar-refractivity contribution >= 4 is 17.8 Å². The number of carbonyl (C=O) groups is 3. The Labute approximate surface area is 105 Å². The Balaban J connectivity index is 2.62. The Hall–Kier alpha value is -1.67. The van der Waals surface area contributed by atoms with Gasteiger partial charge in [-0.05, 0) is 0 Å². The van der Waals surface area contributed by atoms with Crippen LogP contribution in [0.25, 0.3) is 0 Å². The third-order valence-electron chi connectivity index (χ3n) is 2.69. The van der Waals surface area contributed by atoms with Crippen molar-refractivity contribution in [2.45, 2.75) is 6.04 Å². The van der Waals surface area contributed by atoms with Crippen molar-refractivity contribution < 1.29 is 14.4 Å². The van der Waals surface area contributed by atoms with Crippen molar-refractivity contribution in [2.24, 2.45) is 5.73 Å². The summed E-state index contributed by atoms with van der Waals surface area (Å²) in [5.74, 6) is -0.574. The molecule has 0 spiro atoms. The monoisotopic (exact) mass is 257 g/mol. The van der Waals surface area contributed by atoms with Crippen molar-refractivity contribution in [2.75, 3.05) is 40.3 Å². The average Bonchev–Trinajstić information content (AvgIpc) is 2.27. The van der Waals surface area contributed by atoms with Gasteiger partial charge >= 0.3 is 6.03 Å². The van der Waals surface area contributed by atoms with Crippen molar-refractivity contribution in [3.05, 3.63) is 0 Å². The van der Waals surface area contributed by atoms with E-state index < -0.39 is 18.0 Å². The highest BCUT2D eigenvalue weighted by atomic mass is 16.2. The van der Waals surface area contributed by atoms with Crippen LogP contribution in [0.2, 0.25) is 0 Å². The molecule has 102 valence electrons. The van der Waals surface area contributed by atoms with Gasteiger partial charge in [-0.1, -0.05) is 0 Å². The number of imide groups is 1. The van der Waals surface area contributed by atoms with Crippen LogP contribution in [-0.4, -0.2) is 74.0 Å². The van der Waals surface area contributed by atoms with Gasteiger partial charge in [-0.15, -0.1) is 0 Å². The van der Waals surface area contributed by atoms with Crippen molar-refractivity contribution in [1.82, 2.24) is 20.4 Å². The number of hydrogen-bond donors (Lipinski definition) is 3. The highest BCUT2D eigenvalue weighted by Crippen LogP contribution is 2.05. The molecule has 8 nitrogen and oxygen atoms in total. The molecule has 18 heavy (non-hydrogen) atoms. The maximum atomic E-state index is 11.9. The SMILES string of the molecule is CN(C)C(=O)C1CNCCN1CC(=O)NC(N)=O. The molecular formula is C10H19N5O3. The fraction of sp³-hybridized carbons (Fsp3) is 0.700. The fourth-order valence-corrected chi connectivity index (χ4v) is 1.84. The van der Waals surface area contributed by atoms with Gasteiger partial charge < -0.3 is 16.0 Å². The summed E-state index contributed by atoms with van der Waals surface area (Å²) in [4.78, 5) is 37.2. The minimum Gasteiger partial charge on any atom is -0.351 e. The first-order chi connectivity index (χ1) is 8.41. The number of primary amides is 1. The Morgan fingerprint density at radius 2 is 2.11 bits per heavy atom. The molecule has 1 fully saturated rings. The molecule has 0 saturated carbocycles. The van der Waals surface area contributed by atoms with Gasteiger partial charge in [0, 0.05) is 33.7 Å². The van der Waals surface area contributed by atoms with E-state index >= 15 is 0 Å². The van der Waals surface area contributed by atoms with E-state index in [0.29, 0.717) is 19.6 Å². The lowest BCUT2D eigenvalue weighted by Crippen LogP contribution is -2.59. The minimum absolute atomic E-state index is 0.0190. The number of carbonyl (C=O) groups excluding carboxylic acids is 3. The first kappa shape index (κ1) is 14.4. The maximum Gasteiger partial charge on any atom is 0.318 e. The van der Waals surface area contributed by atoms with Gasteiger partial charge in [-0.2, -0.15) is 0 Å². The van der Waals surface area contributed by atoms with Crippen molar-refractivity contribution in [3.63, 3.8) is 0 Å². The van der Waals surface area contributed by atoms with E-state index in [1.807, 2.05) is 5.32 Å². The molecule has 1 rings (SSSR count). The van der Waals surface area contributed by atoms with Gasteiger partial charge in [0.2, 0.25) is 11.8 Å². The lowest BCUT2D eigenvalue weighted by molar-refractivity contribution is -0.136. The molecule has 0 radical (unpaired) electrons. The molecule has 1 heterocycles. The lowest BCUT2D eigenvalue weighted by atomic mass is 10.1. The minimum atomic E-state index is -0.884. The van der Waals surface area contributed by atoms with Crippen molar-refractivity contribution in [3.8, 4) is 0 Å². The van der Waals surface area contributed by atoms with Gasteiger partial charge in [0.1, 0.15) is 6.04 Å². The Morgan fingerprint density at radius 1 is 1.44 bits per heavy atom. The van der Waals surface area contributed by atoms with Crippen LogP contribution >= 0.6 is 0 Å². The summed E-state index contributed by atoms with van der Waals surface area (Å²) in [7, 11) is 3.33. The fourth-order valence-electron chi connectivity index (χ4n) is 1.84. The second-order valence-corrected chi connectivity index (χ2v) is 4.34. The topological polar surface area (TPSA) is 108 Å². The van der Waals surface area contributed by atoms with Crippen LogP contribution in [0.15, 0.2) is 0 Å². The molecule has 0 aromatic rings. The maximum absolute atomic E-state index is 11.9. The van der Waals surface area contributed by atoms with E-state index in [1.165, 1.54) is 4.90 Å². The molecule has 8 heteroatoms. The zero-order chi connectivity index (χ0) is 13.7. The van der Waals surface area contributed by atoms with Crippen LogP contribution < -0.4 is 16.4 Å². The third-order valence-corrected chi connectivity index (χ3v) is 2.69. The number of piperazine rings is 1. The molecule has 0 aromatic heterocycles. The number of nitrogens with two attached hydrogens (primary N) is 1. The Bertz CT molecular complexity index is 344. The molecule has 4 amide bonds. The molecule has 0 bridgehead atoms. The summed E-state index contributed by atoms with van der Waals surface area (Å²) in [6.07, 6.45) is 0. The highest BCUT2D eigenvalue weighted by Gasteiger charge is 2.30. The molecule has 1 aliphatic heterocycles. The van der Waals surface area contributed by atoms with E-state index in [4.69, 9.17) is 5.73 Å². The zero-order valence-electron chi connectivity index (χ0n) is 10.6. The van der Waals surface area contributed by atoms with Gasteiger partial charge in [-0.25, -0.2) is 4.79 Å². The van der Waals surface area contributed by atoms with Crippen molar-refractivity contribution in [1.29, 1.82) is 0 Å². The van der Waals surface area contributed by atoms with Crippen LogP contribution in [0, 0.1) is 0 Å². The van der Waals surface area contributed by atoms with E-state index in [1.54, 1.807) is 19.0 Å². The summed E-state index contributed by atoms with van der Waals surface area (Å²) in [6, 6.07) is -1.28. The number of nitrogens with zero attached hydrogens (tertiary/aromatic N) is 2. The zero-order valence-corrected chi connectivity index (χ0v) is 10.6. The number of urea groups is 1. The predicted molar refractivity (Wildman–Crippen MR) is 64.7 cm³/mol. The number of nitrogens with one attached hydrogen (secondary N) is 2. The van der Waals surface area contributed by atoms with Crippen LogP contribution in [-0.2, 0) is 9.59 Å². The smallest absolute Gasteiger partial charge is 0.318 e. The second kappa shape index (κ2) is 6.31. The molecule has 1 saturated heterocycles. The largest absolute Gasteiger partial charge is 0.351 e. The summed E-state index contributed by atoms with van der Waals surface area (Å²) in [5, 5.41) is 5.09. The molecular weight excluding hydrogens is 238 g/mol. The Kier molecular flexibility index (Phi) is 5.05. The highest BCUT2D eigenvalue weighted by molar-refractivity contribution is 5.94. The first-order valence-corrected chi connectivity index (χ1v) is 5.67. The first-order valence-electron chi connectivity index (χ1n) is 5.67. The number of likely N-dealkylation sites (N-methyl/N-ethyl adjacent to an activating group) is 1. The van der Waals surface area contributed by atoms with Gasteiger partial charge in [-0.3, -0.25) is 19.8 Å². The summed E-state index contributed by atoms with van der Waals surface area (Å²) in [5.41, 5.74) is 4.86. The number of hydrogen-bond acceptors (Lipinski definition) is 5. The summed E-state index contributed by atoms with van der Waals surface area (Å²) in [6.45, 7) is 1.73. The second-order valence-electron chi connectivity index (χ2n) is 4.34. The number of rotatable bonds is 3. The predicted octanol–water partition coefficient (Wildman–Crippen LogP) is -2.46. The molecule has 4 N–H and O–H groups in total. The van der Waals surface area contributed by atoms with E-state index in [0.717, 1.165) is 0 Å². The van der Waals surface area contributed by atoms with Crippen LogP contribution in [0.5, 0.6) is 0 Å². The average molecular weight is 257 g/mol. The molecule has 0 aliphatic carbocycles. The molecule has 1 atom stereocenters. The quantitative estimate of drug-likeness (QED) is 0.520. The van der Waals surface area contributed by atoms with Crippen LogP contribution in [0.1, 0.15) is 0 Å². The Morgan fingerprint density at radius 3 is 2.67 bits per heavy atom.